The van der Waals surface area contributed by atoms with E-state index in [0.29, 0.717) is 31.2 Å². The fraction of sp³-hybridized carbons (Fsp3) is 0.368. The van der Waals surface area contributed by atoms with E-state index in [1.54, 1.807) is 24.4 Å². The van der Waals surface area contributed by atoms with Gasteiger partial charge in [0.05, 0.1) is 6.54 Å². The second-order valence-corrected chi connectivity index (χ2v) is 5.95. The van der Waals surface area contributed by atoms with Crippen molar-refractivity contribution in [2.24, 2.45) is 4.99 Å². The maximum atomic E-state index is 12.5. The average Bonchev–Trinajstić information content (AvgIpc) is 2.65. The summed E-state index contributed by atoms with van der Waals surface area (Å²) in [5.41, 5.74) is 1.65. The maximum Gasteiger partial charge on any atom is 0.387 e. The molecular formula is C19H25F2N5O. The van der Waals surface area contributed by atoms with Crippen LogP contribution in [-0.2, 0) is 13.1 Å². The zero-order chi connectivity index (χ0) is 19.6. The molecule has 0 aliphatic carbocycles. The fourth-order valence-electron chi connectivity index (χ4n) is 2.36. The molecule has 0 unspecified atom stereocenters. The van der Waals surface area contributed by atoms with Crippen LogP contribution in [0.5, 0.6) is 5.75 Å². The third-order valence-electron chi connectivity index (χ3n) is 3.67. The quantitative estimate of drug-likeness (QED) is 0.547. The van der Waals surface area contributed by atoms with Crippen molar-refractivity contribution in [3.63, 3.8) is 0 Å². The van der Waals surface area contributed by atoms with E-state index in [1.807, 2.05) is 38.1 Å². The molecule has 8 heteroatoms. The molecule has 0 spiro atoms. The van der Waals surface area contributed by atoms with Crippen molar-refractivity contribution in [2.45, 2.75) is 26.6 Å². The van der Waals surface area contributed by atoms with Gasteiger partial charge in [-0.15, -0.1) is 0 Å². The second-order valence-electron chi connectivity index (χ2n) is 5.95. The number of aliphatic imine (C=N–C) groups is 1. The van der Waals surface area contributed by atoms with E-state index in [2.05, 4.69) is 25.3 Å². The van der Waals surface area contributed by atoms with Gasteiger partial charge in [-0.05, 0) is 30.7 Å². The lowest BCUT2D eigenvalue weighted by molar-refractivity contribution is -0.0504. The molecule has 2 N–H and O–H groups in total. The van der Waals surface area contributed by atoms with Crippen molar-refractivity contribution in [1.29, 1.82) is 0 Å². The maximum absolute atomic E-state index is 12.5. The van der Waals surface area contributed by atoms with Crippen LogP contribution in [0.2, 0.25) is 0 Å². The molecule has 6 nitrogen and oxygen atoms in total. The smallest absolute Gasteiger partial charge is 0.387 e. The number of anilines is 1. The van der Waals surface area contributed by atoms with Gasteiger partial charge in [-0.1, -0.05) is 18.2 Å². The molecule has 2 rings (SSSR count). The van der Waals surface area contributed by atoms with Gasteiger partial charge in [0.15, 0.2) is 5.96 Å². The minimum Gasteiger partial charge on any atom is -0.434 e. The molecular weight excluding hydrogens is 352 g/mol. The molecule has 0 aliphatic rings. The summed E-state index contributed by atoms with van der Waals surface area (Å²) in [6, 6.07) is 10.6. The summed E-state index contributed by atoms with van der Waals surface area (Å²) in [7, 11) is 3.86. The molecule has 2 aromatic rings. The summed E-state index contributed by atoms with van der Waals surface area (Å²) in [6.45, 7) is 0.565. The van der Waals surface area contributed by atoms with Crippen LogP contribution >= 0.6 is 0 Å². The van der Waals surface area contributed by atoms with E-state index in [4.69, 9.17) is 0 Å². The number of aromatic nitrogens is 1. The predicted molar refractivity (Wildman–Crippen MR) is 103 cm³/mol. The molecule has 1 heterocycles. The van der Waals surface area contributed by atoms with Gasteiger partial charge in [0.1, 0.15) is 11.6 Å². The molecule has 0 aliphatic heterocycles. The number of hydrogen-bond donors (Lipinski definition) is 2. The standard InChI is InChI=1S/C19H25F2N5O/c1-4-22-19(24-12-14-9-10-23-17(11-14)26(2)3)25-13-15-7-5-6-8-16(15)27-18(20)21/h5-11,18H,4,12-13H2,1-3H3,(H2,22,24,25). The molecule has 0 amide bonds. The van der Waals surface area contributed by atoms with Crippen molar-refractivity contribution in [3.8, 4) is 5.75 Å². The van der Waals surface area contributed by atoms with Crippen LogP contribution < -0.4 is 20.3 Å². The van der Waals surface area contributed by atoms with E-state index < -0.39 is 6.61 Å². The highest BCUT2D eigenvalue weighted by Gasteiger charge is 2.09. The Hall–Kier alpha value is -2.90. The monoisotopic (exact) mass is 377 g/mol. The highest BCUT2D eigenvalue weighted by molar-refractivity contribution is 5.79. The zero-order valence-electron chi connectivity index (χ0n) is 15.7. The topological polar surface area (TPSA) is 61.8 Å². The van der Waals surface area contributed by atoms with Crippen LogP contribution in [0.3, 0.4) is 0 Å². The molecule has 0 saturated carbocycles. The Morgan fingerprint density at radius 2 is 2.00 bits per heavy atom. The number of halogens is 2. The van der Waals surface area contributed by atoms with Crippen molar-refractivity contribution in [2.75, 3.05) is 25.5 Å². The summed E-state index contributed by atoms with van der Waals surface area (Å²) < 4.78 is 29.6. The number of pyridine rings is 1. The normalized spacial score (nSPS) is 11.4. The van der Waals surface area contributed by atoms with Crippen LogP contribution in [-0.4, -0.2) is 38.2 Å². The van der Waals surface area contributed by atoms with Crippen LogP contribution in [0, 0.1) is 0 Å². The van der Waals surface area contributed by atoms with Gasteiger partial charge in [-0.2, -0.15) is 8.78 Å². The van der Waals surface area contributed by atoms with E-state index >= 15 is 0 Å². The number of para-hydroxylation sites is 1. The van der Waals surface area contributed by atoms with Crippen molar-refractivity contribution in [1.82, 2.24) is 15.6 Å². The number of benzene rings is 1. The summed E-state index contributed by atoms with van der Waals surface area (Å²) >= 11 is 0. The van der Waals surface area contributed by atoms with E-state index in [1.165, 1.54) is 6.07 Å². The van der Waals surface area contributed by atoms with Gasteiger partial charge in [-0.25, -0.2) is 9.98 Å². The molecule has 0 saturated heterocycles. The third kappa shape index (κ3) is 6.73. The lowest BCUT2D eigenvalue weighted by Gasteiger charge is -2.15. The summed E-state index contributed by atoms with van der Waals surface area (Å²) in [4.78, 5) is 10.8. The Morgan fingerprint density at radius 1 is 1.22 bits per heavy atom. The summed E-state index contributed by atoms with van der Waals surface area (Å²) in [6.07, 6.45) is 1.75. The Bertz CT molecular complexity index is 752. The summed E-state index contributed by atoms with van der Waals surface area (Å²) in [5, 5.41) is 6.29. The first-order valence-electron chi connectivity index (χ1n) is 8.66. The molecule has 1 aromatic carbocycles. The van der Waals surface area contributed by atoms with Crippen molar-refractivity contribution in [3.05, 3.63) is 53.7 Å². The van der Waals surface area contributed by atoms with Crippen LogP contribution in [0.15, 0.2) is 47.6 Å². The Labute approximate surface area is 158 Å². The number of ether oxygens (including phenoxy) is 1. The summed E-state index contributed by atoms with van der Waals surface area (Å²) in [5.74, 6) is 1.60. The third-order valence-corrected chi connectivity index (χ3v) is 3.67. The molecule has 0 bridgehead atoms. The Kier molecular flexibility index (Phi) is 7.79. The Morgan fingerprint density at radius 3 is 2.70 bits per heavy atom. The van der Waals surface area contributed by atoms with E-state index in [-0.39, 0.29) is 5.75 Å². The van der Waals surface area contributed by atoms with Gasteiger partial charge in [0, 0.05) is 38.9 Å². The van der Waals surface area contributed by atoms with Gasteiger partial charge < -0.3 is 20.3 Å². The highest BCUT2D eigenvalue weighted by atomic mass is 19.3. The fourth-order valence-corrected chi connectivity index (χ4v) is 2.36. The molecule has 1 aromatic heterocycles. The molecule has 146 valence electrons. The average molecular weight is 377 g/mol. The zero-order valence-corrected chi connectivity index (χ0v) is 15.7. The van der Waals surface area contributed by atoms with Crippen LogP contribution in [0.25, 0.3) is 0 Å². The van der Waals surface area contributed by atoms with Gasteiger partial charge in [0.25, 0.3) is 0 Å². The van der Waals surface area contributed by atoms with Gasteiger partial charge in [-0.3, -0.25) is 0 Å². The van der Waals surface area contributed by atoms with E-state index in [9.17, 15) is 8.78 Å². The van der Waals surface area contributed by atoms with Crippen molar-refractivity contribution < 1.29 is 13.5 Å². The van der Waals surface area contributed by atoms with Crippen LogP contribution in [0.1, 0.15) is 18.1 Å². The number of nitrogens with zero attached hydrogens (tertiary/aromatic N) is 3. The van der Waals surface area contributed by atoms with Gasteiger partial charge >= 0.3 is 6.61 Å². The SMILES string of the molecule is CCNC(=NCc1ccnc(N(C)C)c1)NCc1ccccc1OC(F)F. The Balaban J connectivity index is 2.05. The highest BCUT2D eigenvalue weighted by Crippen LogP contribution is 2.20. The lowest BCUT2D eigenvalue weighted by atomic mass is 10.2. The van der Waals surface area contributed by atoms with Crippen molar-refractivity contribution >= 4 is 11.8 Å². The number of hydrogen-bond acceptors (Lipinski definition) is 4. The first kappa shape index (κ1) is 20.4. The minimum atomic E-state index is -2.86. The minimum absolute atomic E-state index is 0.153. The van der Waals surface area contributed by atoms with E-state index in [0.717, 1.165) is 11.4 Å². The number of rotatable bonds is 8. The molecule has 0 radical (unpaired) electrons. The first-order chi connectivity index (χ1) is 13.0. The largest absolute Gasteiger partial charge is 0.434 e. The van der Waals surface area contributed by atoms with Crippen LogP contribution in [0.4, 0.5) is 14.6 Å². The first-order valence-corrected chi connectivity index (χ1v) is 8.66. The number of alkyl halides is 2. The molecule has 0 atom stereocenters. The molecule has 0 fully saturated rings. The molecule has 27 heavy (non-hydrogen) atoms. The number of nitrogens with one attached hydrogen (secondary N) is 2. The lowest BCUT2D eigenvalue weighted by Crippen LogP contribution is -2.36. The second kappa shape index (κ2) is 10.3. The number of guanidine groups is 1. The predicted octanol–water partition coefficient (Wildman–Crippen LogP) is 3.00. The van der Waals surface area contributed by atoms with Gasteiger partial charge in [0.2, 0.25) is 0 Å².